The first-order valence-electron chi connectivity index (χ1n) is 8.29. The lowest BCUT2D eigenvalue weighted by Gasteiger charge is -2.22. The number of ether oxygens (including phenoxy) is 3. The number of likely N-dealkylation sites (tertiary alicyclic amines) is 1. The van der Waals surface area contributed by atoms with Gasteiger partial charge in [-0.3, -0.25) is 4.90 Å². The molecule has 2 saturated heterocycles. The summed E-state index contributed by atoms with van der Waals surface area (Å²) < 4.78 is 16.8. The normalized spacial score (nSPS) is 27.4. The molecule has 1 aromatic rings. The Labute approximate surface area is 139 Å². The van der Waals surface area contributed by atoms with Gasteiger partial charge in [0.15, 0.2) is 0 Å². The third-order valence-corrected chi connectivity index (χ3v) is 4.93. The Morgan fingerprint density at radius 1 is 1.13 bits per heavy atom. The van der Waals surface area contributed by atoms with E-state index in [-0.39, 0.29) is 0 Å². The maximum Gasteiger partial charge on any atom is 0.122 e. The van der Waals surface area contributed by atoms with Gasteiger partial charge >= 0.3 is 0 Å². The van der Waals surface area contributed by atoms with E-state index in [1.165, 1.54) is 5.56 Å². The van der Waals surface area contributed by atoms with Crippen molar-refractivity contribution in [3.05, 3.63) is 23.8 Å². The molecule has 3 rings (SSSR count). The molecule has 2 aliphatic rings. The van der Waals surface area contributed by atoms with Gasteiger partial charge in [-0.2, -0.15) is 0 Å². The first kappa shape index (κ1) is 16.6. The van der Waals surface area contributed by atoms with Crippen molar-refractivity contribution >= 4 is 0 Å². The standard InChI is InChI=1S/C18H28N2O3/c1-19(2)9-14-12-23-18-11-20(10-17(14)18)8-13-5-15(21-3)7-16(6-13)22-4/h5-7,14,17-18H,8-12H2,1-4H3/t14-,17+,18+/m0/s1. The quantitative estimate of drug-likeness (QED) is 0.797. The Morgan fingerprint density at radius 2 is 1.83 bits per heavy atom. The lowest BCUT2D eigenvalue weighted by atomic mass is 9.93. The highest BCUT2D eigenvalue weighted by atomic mass is 16.5. The van der Waals surface area contributed by atoms with E-state index in [1.807, 2.05) is 6.07 Å². The molecule has 0 aliphatic carbocycles. The zero-order valence-corrected chi connectivity index (χ0v) is 14.6. The van der Waals surface area contributed by atoms with Crippen LogP contribution in [0.15, 0.2) is 18.2 Å². The van der Waals surface area contributed by atoms with Gasteiger partial charge in [-0.15, -0.1) is 0 Å². The van der Waals surface area contributed by atoms with Crippen molar-refractivity contribution in [3.8, 4) is 11.5 Å². The Kier molecular flexibility index (Phi) is 5.09. The molecule has 0 N–H and O–H groups in total. The molecule has 0 spiro atoms. The van der Waals surface area contributed by atoms with Crippen LogP contribution in [0.2, 0.25) is 0 Å². The van der Waals surface area contributed by atoms with Gasteiger partial charge in [0.2, 0.25) is 0 Å². The lowest BCUT2D eigenvalue weighted by Crippen LogP contribution is -2.30. The van der Waals surface area contributed by atoms with Crippen molar-refractivity contribution in [2.45, 2.75) is 12.6 Å². The van der Waals surface area contributed by atoms with Gasteiger partial charge in [-0.1, -0.05) is 0 Å². The van der Waals surface area contributed by atoms with Gasteiger partial charge < -0.3 is 19.1 Å². The minimum Gasteiger partial charge on any atom is -0.497 e. The minimum atomic E-state index is 0.396. The van der Waals surface area contributed by atoms with Crippen molar-refractivity contribution in [2.24, 2.45) is 11.8 Å². The predicted molar refractivity (Wildman–Crippen MR) is 90.1 cm³/mol. The van der Waals surface area contributed by atoms with Gasteiger partial charge in [0.25, 0.3) is 0 Å². The topological polar surface area (TPSA) is 34.2 Å². The molecule has 2 fully saturated rings. The largest absolute Gasteiger partial charge is 0.497 e. The molecule has 5 heteroatoms. The summed E-state index contributed by atoms with van der Waals surface area (Å²) in [6.45, 7) is 5.08. The Morgan fingerprint density at radius 3 is 2.43 bits per heavy atom. The molecule has 0 aromatic heterocycles. The van der Waals surface area contributed by atoms with E-state index in [2.05, 4.69) is 36.0 Å². The van der Waals surface area contributed by atoms with E-state index in [9.17, 15) is 0 Å². The van der Waals surface area contributed by atoms with Crippen molar-refractivity contribution in [2.75, 3.05) is 54.6 Å². The van der Waals surface area contributed by atoms with Crippen LogP contribution in [0, 0.1) is 11.8 Å². The third kappa shape index (κ3) is 3.79. The van der Waals surface area contributed by atoms with Gasteiger partial charge in [-0.25, -0.2) is 0 Å². The summed E-state index contributed by atoms with van der Waals surface area (Å²) >= 11 is 0. The van der Waals surface area contributed by atoms with Crippen LogP contribution in [0.3, 0.4) is 0 Å². The number of hydrogen-bond donors (Lipinski definition) is 0. The van der Waals surface area contributed by atoms with Crippen LogP contribution in [-0.2, 0) is 11.3 Å². The second-order valence-electron chi connectivity index (χ2n) is 6.97. The fourth-order valence-electron chi connectivity index (χ4n) is 3.88. The van der Waals surface area contributed by atoms with E-state index >= 15 is 0 Å². The van der Waals surface area contributed by atoms with E-state index in [0.717, 1.165) is 44.3 Å². The second-order valence-corrected chi connectivity index (χ2v) is 6.97. The zero-order valence-electron chi connectivity index (χ0n) is 14.6. The molecule has 0 saturated carbocycles. The number of hydrogen-bond acceptors (Lipinski definition) is 5. The molecule has 0 radical (unpaired) electrons. The molecule has 0 amide bonds. The molecule has 1 aromatic carbocycles. The van der Waals surface area contributed by atoms with Crippen LogP contribution in [0.4, 0.5) is 0 Å². The number of fused-ring (bicyclic) bond motifs is 1. The number of methoxy groups -OCH3 is 2. The highest BCUT2D eigenvalue weighted by Gasteiger charge is 2.43. The zero-order chi connectivity index (χ0) is 16.4. The average molecular weight is 320 g/mol. The smallest absolute Gasteiger partial charge is 0.122 e. The Hall–Kier alpha value is -1.30. The summed E-state index contributed by atoms with van der Waals surface area (Å²) in [5.74, 6) is 3.01. The molecule has 0 unspecified atom stereocenters. The minimum absolute atomic E-state index is 0.396. The summed E-state index contributed by atoms with van der Waals surface area (Å²) in [6, 6.07) is 6.10. The molecule has 23 heavy (non-hydrogen) atoms. The average Bonchev–Trinajstić information content (AvgIpc) is 3.08. The van der Waals surface area contributed by atoms with Gasteiger partial charge in [0.05, 0.1) is 26.9 Å². The summed E-state index contributed by atoms with van der Waals surface area (Å²) in [4.78, 5) is 4.76. The third-order valence-electron chi connectivity index (χ3n) is 4.93. The Bertz CT molecular complexity index is 513. The highest BCUT2D eigenvalue weighted by molar-refractivity contribution is 5.38. The van der Waals surface area contributed by atoms with Crippen LogP contribution >= 0.6 is 0 Å². The molecule has 5 nitrogen and oxygen atoms in total. The van der Waals surface area contributed by atoms with Crippen molar-refractivity contribution in [1.29, 1.82) is 0 Å². The monoisotopic (exact) mass is 320 g/mol. The van der Waals surface area contributed by atoms with Crippen LogP contribution < -0.4 is 9.47 Å². The summed E-state index contributed by atoms with van der Waals surface area (Å²) in [6.07, 6.45) is 0.396. The van der Waals surface area contributed by atoms with Crippen molar-refractivity contribution in [1.82, 2.24) is 9.80 Å². The number of nitrogens with zero attached hydrogens (tertiary/aromatic N) is 2. The summed E-state index contributed by atoms with van der Waals surface area (Å²) in [5, 5.41) is 0. The van der Waals surface area contributed by atoms with Crippen LogP contribution in [-0.4, -0.2) is 70.5 Å². The number of rotatable bonds is 6. The molecular formula is C18H28N2O3. The van der Waals surface area contributed by atoms with Crippen molar-refractivity contribution < 1.29 is 14.2 Å². The molecule has 128 valence electrons. The molecular weight excluding hydrogens is 292 g/mol. The molecule has 2 aliphatic heterocycles. The summed E-state index contributed by atoms with van der Waals surface area (Å²) in [7, 11) is 7.67. The van der Waals surface area contributed by atoms with E-state index in [4.69, 9.17) is 14.2 Å². The van der Waals surface area contributed by atoms with Crippen LogP contribution in [0.5, 0.6) is 11.5 Å². The van der Waals surface area contributed by atoms with Crippen LogP contribution in [0.1, 0.15) is 5.56 Å². The van der Waals surface area contributed by atoms with E-state index in [0.29, 0.717) is 17.9 Å². The fourth-order valence-corrected chi connectivity index (χ4v) is 3.88. The number of benzene rings is 1. The maximum absolute atomic E-state index is 6.03. The lowest BCUT2D eigenvalue weighted by molar-refractivity contribution is 0.0921. The predicted octanol–water partition coefficient (Wildman–Crippen LogP) is 1.71. The van der Waals surface area contributed by atoms with E-state index in [1.54, 1.807) is 14.2 Å². The van der Waals surface area contributed by atoms with Crippen molar-refractivity contribution in [3.63, 3.8) is 0 Å². The second kappa shape index (κ2) is 7.07. The SMILES string of the molecule is COc1cc(CN2C[C@@H]3[C@@H](CN(C)C)CO[C@@H]3C2)cc(OC)c1. The fraction of sp³-hybridized carbons (Fsp3) is 0.667. The maximum atomic E-state index is 6.03. The first-order chi connectivity index (χ1) is 11.1. The molecule has 0 bridgehead atoms. The van der Waals surface area contributed by atoms with Gasteiger partial charge in [-0.05, 0) is 31.8 Å². The summed E-state index contributed by atoms with van der Waals surface area (Å²) in [5.41, 5.74) is 1.23. The van der Waals surface area contributed by atoms with Gasteiger partial charge in [0.1, 0.15) is 11.5 Å². The molecule has 3 atom stereocenters. The van der Waals surface area contributed by atoms with Gasteiger partial charge in [0, 0.05) is 44.1 Å². The van der Waals surface area contributed by atoms with E-state index < -0.39 is 0 Å². The van der Waals surface area contributed by atoms with Crippen LogP contribution in [0.25, 0.3) is 0 Å². The highest BCUT2D eigenvalue weighted by Crippen LogP contribution is 2.35. The first-order valence-corrected chi connectivity index (χ1v) is 8.29. The molecule has 2 heterocycles. The Balaban J connectivity index is 1.64.